The zero-order valence-corrected chi connectivity index (χ0v) is 17.6. The van der Waals surface area contributed by atoms with Gasteiger partial charge in [0, 0.05) is 51.5 Å². The molecule has 1 N–H and O–H groups in total. The lowest BCUT2D eigenvalue weighted by atomic mass is 10.2. The lowest BCUT2D eigenvalue weighted by Crippen LogP contribution is -2.54. The number of hydrogen-bond donors (Lipinski definition) is 1. The van der Waals surface area contributed by atoms with Gasteiger partial charge in [-0.3, -0.25) is 9.69 Å². The molecule has 10 heteroatoms. The molecule has 0 aromatic carbocycles. The Morgan fingerprint density at radius 2 is 1.83 bits per heavy atom. The van der Waals surface area contributed by atoms with E-state index in [-0.39, 0.29) is 16.8 Å². The van der Waals surface area contributed by atoms with Crippen molar-refractivity contribution in [2.45, 2.75) is 36.7 Å². The minimum Gasteiger partial charge on any atom is -0.379 e. The first kappa shape index (κ1) is 20.5. The van der Waals surface area contributed by atoms with Crippen molar-refractivity contribution in [3.8, 4) is 0 Å². The summed E-state index contributed by atoms with van der Waals surface area (Å²) in [6.45, 7) is 6.60. The van der Waals surface area contributed by atoms with Gasteiger partial charge < -0.3 is 15.0 Å². The number of anilines is 1. The van der Waals surface area contributed by atoms with Gasteiger partial charge in [0.25, 0.3) is 0 Å². The summed E-state index contributed by atoms with van der Waals surface area (Å²) in [4.78, 5) is 21.2. The second kappa shape index (κ2) is 8.55. The lowest BCUT2D eigenvalue weighted by molar-refractivity contribution is -0.126. The summed E-state index contributed by atoms with van der Waals surface area (Å²) in [5, 5.41) is 3.07. The molecule has 1 amide bonds. The molecule has 1 aliphatic carbocycles. The van der Waals surface area contributed by atoms with Gasteiger partial charge in [-0.15, -0.1) is 0 Å². The Hall–Kier alpha value is -1.75. The van der Waals surface area contributed by atoms with Crippen molar-refractivity contribution < 1.29 is 17.9 Å². The number of morpholine rings is 1. The zero-order chi connectivity index (χ0) is 20.4. The molecule has 3 heterocycles. The van der Waals surface area contributed by atoms with Crippen LogP contribution in [0.3, 0.4) is 0 Å². The molecule has 1 atom stereocenters. The highest BCUT2D eigenvalue weighted by molar-refractivity contribution is 7.89. The third kappa shape index (κ3) is 4.71. The van der Waals surface area contributed by atoms with Gasteiger partial charge in [0.1, 0.15) is 10.7 Å². The number of ether oxygens (including phenoxy) is 1. The summed E-state index contributed by atoms with van der Waals surface area (Å²) in [5.74, 6) is 0.873. The first-order valence-electron chi connectivity index (χ1n) is 10.3. The molecular formula is C19H29N5O4S. The topological polar surface area (TPSA) is 95.1 Å². The van der Waals surface area contributed by atoms with Crippen LogP contribution in [-0.4, -0.2) is 93.1 Å². The molecule has 3 aliphatic rings. The number of nitrogens with one attached hydrogen (secondary N) is 1. The SMILES string of the molecule is CC(C(=O)NC1CC1)N1CCN(c2ccc(S(=O)(=O)N3CCOCC3)cn2)CC1. The van der Waals surface area contributed by atoms with Crippen LogP contribution in [0.5, 0.6) is 0 Å². The Bertz CT molecular complexity index is 814. The summed E-state index contributed by atoms with van der Waals surface area (Å²) < 4.78 is 32.1. The summed E-state index contributed by atoms with van der Waals surface area (Å²) in [5.41, 5.74) is 0. The van der Waals surface area contributed by atoms with E-state index in [2.05, 4.69) is 20.1 Å². The van der Waals surface area contributed by atoms with E-state index in [0.717, 1.165) is 44.8 Å². The molecule has 1 saturated carbocycles. The maximum atomic E-state index is 12.7. The van der Waals surface area contributed by atoms with Crippen LogP contribution in [0.25, 0.3) is 0 Å². The fraction of sp³-hybridized carbons (Fsp3) is 0.684. The van der Waals surface area contributed by atoms with Crippen LogP contribution >= 0.6 is 0 Å². The predicted molar refractivity (Wildman–Crippen MR) is 108 cm³/mol. The number of hydrogen-bond acceptors (Lipinski definition) is 7. The summed E-state index contributed by atoms with van der Waals surface area (Å²) in [6, 6.07) is 3.65. The lowest BCUT2D eigenvalue weighted by Gasteiger charge is -2.38. The smallest absolute Gasteiger partial charge is 0.244 e. The minimum absolute atomic E-state index is 0.108. The first-order valence-corrected chi connectivity index (χ1v) is 11.7. The van der Waals surface area contributed by atoms with E-state index < -0.39 is 10.0 Å². The largest absolute Gasteiger partial charge is 0.379 e. The highest BCUT2D eigenvalue weighted by Crippen LogP contribution is 2.21. The quantitative estimate of drug-likeness (QED) is 0.682. The number of sulfonamides is 1. The number of pyridine rings is 1. The number of amides is 1. The predicted octanol–water partition coefficient (Wildman–Crippen LogP) is -0.108. The van der Waals surface area contributed by atoms with E-state index in [1.54, 1.807) is 12.1 Å². The zero-order valence-electron chi connectivity index (χ0n) is 16.8. The number of carbonyl (C=O) groups is 1. The minimum atomic E-state index is -3.52. The number of carbonyl (C=O) groups excluding carboxylic acids is 1. The summed E-state index contributed by atoms with van der Waals surface area (Å²) in [6.07, 6.45) is 3.63. The van der Waals surface area contributed by atoms with Crippen molar-refractivity contribution in [2.75, 3.05) is 57.4 Å². The van der Waals surface area contributed by atoms with Gasteiger partial charge in [0.05, 0.1) is 19.3 Å². The molecule has 0 bridgehead atoms. The molecule has 160 valence electrons. The number of nitrogens with zero attached hydrogens (tertiary/aromatic N) is 4. The highest BCUT2D eigenvalue weighted by atomic mass is 32.2. The van der Waals surface area contributed by atoms with E-state index in [1.165, 1.54) is 10.5 Å². The Balaban J connectivity index is 1.33. The standard InChI is InChI=1S/C19H29N5O4S/c1-15(19(25)21-16-2-3-16)22-6-8-23(9-7-22)18-5-4-17(14-20-18)29(26,27)24-10-12-28-13-11-24/h4-5,14-16H,2-3,6-13H2,1H3,(H,21,25). The van der Waals surface area contributed by atoms with E-state index in [0.29, 0.717) is 32.3 Å². The Kier molecular flexibility index (Phi) is 6.05. The Morgan fingerprint density at radius 3 is 2.41 bits per heavy atom. The average molecular weight is 424 g/mol. The molecule has 2 aliphatic heterocycles. The molecule has 1 aromatic heterocycles. The van der Waals surface area contributed by atoms with Crippen LogP contribution < -0.4 is 10.2 Å². The van der Waals surface area contributed by atoms with Crippen LogP contribution in [0.4, 0.5) is 5.82 Å². The van der Waals surface area contributed by atoms with Gasteiger partial charge >= 0.3 is 0 Å². The van der Waals surface area contributed by atoms with Crippen LogP contribution in [0, 0.1) is 0 Å². The van der Waals surface area contributed by atoms with Crippen molar-refractivity contribution in [2.24, 2.45) is 0 Å². The molecule has 3 fully saturated rings. The molecule has 1 unspecified atom stereocenters. The van der Waals surface area contributed by atoms with Gasteiger partial charge in [-0.25, -0.2) is 13.4 Å². The monoisotopic (exact) mass is 423 g/mol. The summed E-state index contributed by atoms with van der Waals surface area (Å²) >= 11 is 0. The van der Waals surface area contributed by atoms with Crippen molar-refractivity contribution >= 4 is 21.7 Å². The van der Waals surface area contributed by atoms with Crippen molar-refractivity contribution in [1.82, 2.24) is 19.5 Å². The van der Waals surface area contributed by atoms with Crippen LogP contribution in [0.15, 0.2) is 23.2 Å². The van der Waals surface area contributed by atoms with Gasteiger partial charge in [-0.05, 0) is 31.9 Å². The van der Waals surface area contributed by atoms with Gasteiger partial charge in [-0.2, -0.15) is 4.31 Å². The van der Waals surface area contributed by atoms with Gasteiger partial charge in [0.2, 0.25) is 15.9 Å². The Morgan fingerprint density at radius 1 is 1.14 bits per heavy atom. The third-order valence-corrected chi connectivity index (χ3v) is 7.70. The van der Waals surface area contributed by atoms with Crippen LogP contribution in [0.2, 0.25) is 0 Å². The van der Waals surface area contributed by atoms with Crippen LogP contribution in [0.1, 0.15) is 19.8 Å². The molecule has 29 heavy (non-hydrogen) atoms. The maximum Gasteiger partial charge on any atom is 0.244 e. The first-order chi connectivity index (χ1) is 13.9. The van der Waals surface area contributed by atoms with E-state index in [4.69, 9.17) is 4.74 Å². The van der Waals surface area contributed by atoms with Gasteiger partial charge in [-0.1, -0.05) is 0 Å². The third-order valence-electron chi connectivity index (χ3n) is 5.82. The fourth-order valence-corrected chi connectivity index (χ4v) is 5.06. The maximum absolute atomic E-state index is 12.7. The fourth-order valence-electron chi connectivity index (χ4n) is 3.70. The molecule has 0 radical (unpaired) electrons. The number of aromatic nitrogens is 1. The second-order valence-electron chi connectivity index (χ2n) is 7.85. The average Bonchev–Trinajstić information content (AvgIpc) is 3.58. The van der Waals surface area contributed by atoms with Gasteiger partial charge in [0.15, 0.2) is 0 Å². The molecule has 0 spiro atoms. The second-order valence-corrected chi connectivity index (χ2v) is 9.79. The Labute approximate surface area is 172 Å². The van der Waals surface area contributed by atoms with E-state index >= 15 is 0 Å². The van der Waals surface area contributed by atoms with Crippen molar-refractivity contribution in [1.29, 1.82) is 0 Å². The number of rotatable bonds is 6. The number of piperazine rings is 1. The highest BCUT2D eigenvalue weighted by Gasteiger charge is 2.31. The van der Waals surface area contributed by atoms with Crippen molar-refractivity contribution in [3.63, 3.8) is 0 Å². The van der Waals surface area contributed by atoms with Crippen LogP contribution in [-0.2, 0) is 19.6 Å². The molecular weight excluding hydrogens is 394 g/mol. The van der Waals surface area contributed by atoms with E-state index in [9.17, 15) is 13.2 Å². The summed E-state index contributed by atoms with van der Waals surface area (Å²) in [7, 11) is -3.52. The molecule has 2 saturated heterocycles. The van der Waals surface area contributed by atoms with E-state index in [1.807, 2.05) is 6.92 Å². The normalized spacial score (nSPS) is 23.0. The molecule has 1 aromatic rings. The molecule has 4 rings (SSSR count). The molecule has 9 nitrogen and oxygen atoms in total. The van der Waals surface area contributed by atoms with Crippen molar-refractivity contribution in [3.05, 3.63) is 18.3 Å².